The molecule has 0 rings (SSSR count). The summed E-state index contributed by atoms with van der Waals surface area (Å²) in [4.78, 5) is 37.0. The van der Waals surface area contributed by atoms with Crippen molar-refractivity contribution in [2.24, 2.45) is 0 Å². The van der Waals surface area contributed by atoms with Crippen molar-refractivity contribution < 1.29 is 28.6 Å². The van der Waals surface area contributed by atoms with Crippen LogP contribution in [0.2, 0.25) is 0 Å². The van der Waals surface area contributed by atoms with Gasteiger partial charge in [0.15, 0.2) is 6.10 Å². The van der Waals surface area contributed by atoms with Gasteiger partial charge in [0.2, 0.25) is 0 Å². The Hall–Kier alpha value is -1.59. The van der Waals surface area contributed by atoms with Crippen LogP contribution >= 0.6 is 0 Å². The van der Waals surface area contributed by atoms with Gasteiger partial charge in [-0.25, -0.2) is 0 Å². The van der Waals surface area contributed by atoms with Crippen LogP contribution in [-0.2, 0) is 28.6 Å². The van der Waals surface area contributed by atoms with Gasteiger partial charge in [-0.3, -0.25) is 14.4 Å². The van der Waals surface area contributed by atoms with Crippen LogP contribution in [0.1, 0.15) is 188 Å². The molecule has 0 aliphatic rings. The highest BCUT2D eigenvalue weighted by Crippen LogP contribution is 2.13. The molecule has 6 heteroatoms. The molecular formula is C35H66O6. The van der Waals surface area contributed by atoms with Gasteiger partial charge in [0.25, 0.3) is 0 Å². The third-order valence-corrected chi connectivity index (χ3v) is 7.61. The molecule has 0 unspecified atom stereocenters. The van der Waals surface area contributed by atoms with Crippen LogP contribution in [0.4, 0.5) is 0 Å². The van der Waals surface area contributed by atoms with Crippen LogP contribution in [0.15, 0.2) is 0 Å². The Kier molecular flexibility index (Phi) is 30.1. The molecule has 0 N–H and O–H groups in total. The minimum absolute atomic E-state index is 0.0659. The molecule has 0 heterocycles. The number of unbranched alkanes of at least 4 members (excludes halogenated alkanes) is 20. The summed E-state index contributed by atoms with van der Waals surface area (Å²) in [5.74, 6) is -0.888. The van der Waals surface area contributed by atoms with Crippen molar-refractivity contribution in [1.29, 1.82) is 0 Å². The first-order valence-electron chi connectivity index (χ1n) is 17.5. The summed E-state index contributed by atoms with van der Waals surface area (Å²) in [7, 11) is 0. The smallest absolute Gasteiger partial charge is 0.306 e. The van der Waals surface area contributed by atoms with Crippen LogP contribution in [-0.4, -0.2) is 37.2 Å². The average Bonchev–Trinajstić information content (AvgIpc) is 2.96. The molecule has 0 saturated carbocycles. The molecule has 0 aromatic heterocycles. The Labute approximate surface area is 253 Å². The van der Waals surface area contributed by atoms with Crippen LogP contribution in [0.5, 0.6) is 0 Å². The minimum atomic E-state index is -0.753. The highest BCUT2D eigenvalue weighted by Gasteiger charge is 2.19. The number of ether oxygens (including phenoxy) is 3. The van der Waals surface area contributed by atoms with Crippen molar-refractivity contribution in [2.75, 3.05) is 13.2 Å². The van der Waals surface area contributed by atoms with Crippen LogP contribution in [0, 0.1) is 0 Å². The van der Waals surface area contributed by atoms with E-state index in [0.29, 0.717) is 19.3 Å². The summed E-state index contributed by atoms with van der Waals surface area (Å²) < 4.78 is 16.4. The van der Waals surface area contributed by atoms with E-state index in [4.69, 9.17) is 14.2 Å². The number of carbonyl (C=O) groups excluding carboxylic acids is 3. The van der Waals surface area contributed by atoms with E-state index in [1.54, 1.807) is 0 Å². The number of rotatable bonds is 31. The van der Waals surface area contributed by atoms with Gasteiger partial charge in [-0.1, -0.05) is 149 Å². The summed E-state index contributed by atoms with van der Waals surface area (Å²) in [6.07, 6.45) is 26.9. The van der Waals surface area contributed by atoms with E-state index in [9.17, 15) is 14.4 Å². The predicted octanol–water partition coefficient (Wildman–Crippen LogP) is 10.2. The minimum Gasteiger partial charge on any atom is -0.462 e. The lowest BCUT2D eigenvalue weighted by atomic mass is 10.1. The quantitative estimate of drug-likeness (QED) is 0.0459. The first-order chi connectivity index (χ1) is 20.0. The van der Waals surface area contributed by atoms with Gasteiger partial charge >= 0.3 is 17.9 Å². The molecule has 1 atom stereocenters. The largest absolute Gasteiger partial charge is 0.462 e. The second-order valence-corrected chi connectivity index (χ2v) is 11.8. The van der Waals surface area contributed by atoms with Gasteiger partial charge in [0.05, 0.1) is 0 Å². The van der Waals surface area contributed by atoms with Crippen molar-refractivity contribution in [2.45, 2.75) is 194 Å². The summed E-state index contributed by atoms with van der Waals surface area (Å²) in [6.45, 7) is 6.49. The van der Waals surface area contributed by atoms with Crippen molar-refractivity contribution in [1.82, 2.24) is 0 Å². The van der Waals surface area contributed by atoms with Crippen molar-refractivity contribution in [3.05, 3.63) is 0 Å². The van der Waals surface area contributed by atoms with Gasteiger partial charge in [-0.05, 0) is 19.3 Å². The molecule has 41 heavy (non-hydrogen) atoms. The second-order valence-electron chi connectivity index (χ2n) is 11.8. The van der Waals surface area contributed by atoms with Gasteiger partial charge in [0.1, 0.15) is 13.2 Å². The number of esters is 3. The van der Waals surface area contributed by atoms with E-state index in [1.165, 1.54) is 83.5 Å². The van der Waals surface area contributed by atoms with Crippen molar-refractivity contribution in [3.8, 4) is 0 Å². The molecule has 0 fully saturated rings. The zero-order valence-electron chi connectivity index (χ0n) is 27.3. The number of carbonyl (C=O) groups is 3. The Bertz CT molecular complexity index is 605. The molecule has 0 saturated heterocycles. The fourth-order valence-corrected chi connectivity index (χ4v) is 4.91. The Morgan fingerprint density at radius 3 is 0.976 bits per heavy atom. The Morgan fingerprint density at radius 2 is 0.659 bits per heavy atom. The predicted molar refractivity (Wildman–Crippen MR) is 169 cm³/mol. The van der Waals surface area contributed by atoms with E-state index >= 15 is 0 Å². The van der Waals surface area contributed by atoms with E-state index in [0.717, 1.165) is 64.2 Å². The fraction of sp³-hybridized carbons (Fsp3) is 0.914. The number of hydrogen-bond donors (Lipinski definition) is 0. The summed E-state index contributed by atoms with van der Waals surface area (Å²) in [5.41, 5.74) is 0. The number of hydrogen-bond acceptors (Lipinski definition) is 6. The highest BCUT2D eigenvalue weighted by atomic mass is 16.6. The average molecular weight is 583 g/mol. The molecule has 0 aliphatic carbocycles. The van der Waals surface area contributed by atoms with Crippen LogP contribution in [0.3, 0.4) is 0 Å². The second kappa shape index (κ2) is 31.3. The van der Waals surface area contributed by atoms with E-state index in [1.807, 2.05) is 0 Å². The first kappa shape index (κ1) is 39.4. The maximum Gasteiger partial charge on any atom is 0.306 e. The zero-order valence-corrected chi connectivity index (χ0v) is 27.3. The monoisotopic (exact) mass is 582 g/mol. The summed E-state index contributed by atoms with van der Waals surface area (Å²) in [5, 5.41) is 0. The standard InChI is InChI=1S/C35H66O6/c1-4-7-10-13-15-17-19-22-25-28-34(37)40-31-32(30-39-33(36)27-24-21-12-9-6-3)41-35(38)29-26-23-20-18-16-14-11-8-5-2/h32H,4-31H2,1-3H3/t32-/m0/s1. The molecule has 242 valence electrons. The summed E-state index contributed by atoms with van der Waals surface area (Å²) >= 11 is 0. The first-order valence-corrected chi connectivity index (χ1v) is 17.5. The summed E-state index contributed by atoms with van der Waals surface area (Å²) in [6, 6.07) is 0. The lowest BCUT2D eigenvalue weighted by Gasteiger charge is -2.18. The van der Waals surface area contributed by atoms with Crippen molar-refractivity contribution in [3.63, 3.8) is 0 Å². The normalized spacial score (nSPS) is 11.8. The topological polar surface area (TPSA) is 78.9 Å². The van der Waals surface area contributed by atoms with Crippen LogP contribution < -0.4 is 0 Å². The lowest BCUT2D eigenvalue weighted by Crippen LogP contribution is -2.30. The fourth-order valence-electron chi connectivity index (χ4n) is 4.91. The van der Waals surface area contributed by atoms with Gasteiger partial charge in [-0.15, -0.1) is 0 Å². The van der Waals surface area contributed by atoms with Crippen molar-refractivity contribution >= 4 is 17.9 Å². The van der Waals surface area contributed by atoms with Crippen LogP contribution in [0.25, 0.3) is 0 Å². The van der Waals surface area contributed by atoms with E-state index in [2.05, 4.69) is 20.8 Å². The SMILES string of the molecule is CCCCCCCCCCCC(=O)OC[C@H](COC(=O)CCCCCCC)OC(=O)CCCCCCCCCCC. The van der Waals surface area contributed by atoms with Gasteiger partial charge in [0, 0.05) is 19.3 Å². The maximum absolute atomic E-state index is 12.5. The van der Waals surface area contributed by atoms with Gasteiger partial charge < -0.3 is 14.2 Å². The molecule has 6 nitrogen and oxygen atoms in total. The molecule has 0 aliphatic heterocycles. The maximum atomic E-state index is 12.5. The van der Waals surface area contributed by atoms with E-state index in [-0.39, 0.29) is 31.1 Å². The molecule has 0 bridgehead atoms. The lowest BCUT2D eigenvalue weighted by molar-refractivity contribution is -0.167. The third kappa shape index (κ3) is 29.7. The Morgan fingerprint density at radius 1 is 0.390 bits per heavy atom. The molecule has 0 radical (unpaired) electrons. The molecule has 0 spiro atoms. The third-order valence-electron chi connectivity index (χ3n) is 7.61. The highest BCUT2D eigenvalue weighted by molar-refractivity contribution is 5.71. The molecule has 0 amide bonds. The van der Waals surface area contributed by atoms with E-state index < -0.39 is 6.10 Å². The molecule has 0 aromatic rings. The Balaban J connectivity index is 4.31. The molecular weight excluding hydrogens is 516 g/mol. The zero-order chi connectivity index (χ0) is 30.2. The molecule has 0 aromatic carbocycles. The van der Waals surface area contributed by atoms with Gasteiger partial charge in [-0.2, -0.15) is 0 Å².